The van der Waals surface area contributed by atoms with Crippen LogP contribution in [0.3, 0.4) is 0 Å². The van der Waals surface area contributed by atoms with Gasteiger partial charge in [-0.3, -0.25) is 14.9 Å². The van der Waals surface area contributed by atoms with E-state index in [1.54, 1.807) is 24.3 Å². The Morgan fingerprint density at radius 2 is 1.96 bits per heavy atom. The summed E-state index contributed by atoms with van der Waals surface area (Å²) in [5, 5.41) is 15.7. The van der Waals surface area contributed by atoms with Crippen LogP contribution in [0.4, 0.5) is 5.69 Å². The van der Waals surface area contributed by atoms with E-state index in [0.29, 0.717) is 26.6 Å². The topological polar surface area (TPSA) is 97.7 Å². The number of furan rings is 1. The van der Waals surface area contributed by atoms with Crippen molar-refractivity contribution in [2.24, 2.45) is 5.10 Å². The van der Waals surface area contributed by atoms with Crippen molar-refractivity contribution < 1.29 is 14.1 Å². The Labute approximate surface area is 177 Å². The smallest absolute Gasteiger partial charge is 0.281 e. The lowest BCUT2D eigenvalue weighted by Crippen LogP contribution is -2.17. The first kappa shape index (κ1) is 20.1. The van der Waals surface area contributed by atoms with Crippen molar-refractivity contribution in [1.82, 2.24) is 5.43 Å². The molecule has 3 rings (SSSR count). The molecule has 0 aliphatic heterocycles. The summed E-state index contributed by atoms with van der Waals surface area (Å²) in [6.07, 6.45) is 1.27. The highest BCUT2D eigenvalue weighted by Crippen LogP contribution is 2.33. The number of hydrazone groups is 1. The number of hydrogen-bond donors (Lipinski definition) is 1. The Morgan fingerprint density at radius 1 is 1.18 bits per heavy atom. The Morgan fingerprint density at radius 3 is 2.68 bits per heavy atom. The molecular weight excluding hydrogens is 473 g/mol. The maximum absolute atomic E-state index is 12.1. The minimum atomic E-state index is -0.520. The normalized spacial score (nSPS) is 11.0. The summed E-state index contributed by atoms with van der Waals surface area (Å²) in [6.45, 7) is 0. The van der Waals surface area contributed by atoms with E-state index in [1.807, 2.05) is 0 Å². The number of nitrogens with zero attached hydrogens (tertiary/aromatic N) is 2. The molecule has 0 unspecified atom stereocenters. The molecule has 28 heavy (non-hydrogen) atoms. The monoisotopic (exact) mass is 481 g/mol. The van der Waals surface area contributed by atoms with Gasteiger partial charge in [-0.2, -0.15) is 5.10 Å². The molecule has 7 nitrogen and oxygen atoms in total. The van der Waals surface area contributed by atoms with Gasteiger partial charge in [0, 0.05) is 15.6 Å². The van der Waals surface area contributed by atoms with Crippen LogP contribution < -0.4 is 5.43 Å². The first-order chi connectivity index (χ1) is 13.3. The summed E-state index contributed by atoms with van der Waals surface area (Å²) in [5.41, 5.74) is 2.76. The van der Waals surface area contributed by atoms with Gasteiger partial charge in [0.15, 0.2) is 0 Å². The van der Waals surface area contributed by atoms with E-state index in [1.165, 1.54) is 30.5 Å². The average molecular weight is 483 g/mol. The van der Waals surface area contributed by atoms with Gasteiger partial charge >= 0.3 is 0 Å². The number of nitro groups is 1. The molecule has 2 aromatic carbocycles. The third-order valence-electron chi connectivity index (χ3n) is 3.58. The summed E-state index contributed by atoms with van der Waals surface area (Å²) in [4.78, 5) is 22.8. The highest BCUT2D eigenvalue weighted by Gasteiger charge is 2.18. The standard InChI is InChI=1S/C18H10BrCl2N3O4/c19-10-1-4-14(16(7-10)24(26)27)17-6-3-12(28-17)9-22-23-18(25)13-5-2-11(20)8-15(13)21/h1-9H,(H,23,25)/b22-9+. The van der Waals surface area contributed by atoms with Gasteiger partial charge in [-0.15, -0.1) is 0 Å². The minimum Gasteiger partial charge on any atom is -0.455 e. The molecular formula is C18H10BrCl2N3O4. The van der Waals surface area contributed by atoms with Crippen LogP contribution in [0.5, 0.6) is 0 Å². The van der Waals surface area contributed by atoms with Crippen LogP contribution in [0, 0.1) is 10.1 Å². The molecule has 1 heterocycles. The molecule has 0 spiro atoms. The van der Waals surface area contributed by atoms with Gasteiger partial charge in [0.25, 0.3) is 11.6 Å². The van der Waals surface area contributed by atoms with Gasteiger partial charge in [-0.05, 0) is 42.5 Å². The molecule has 0 aliphatic rings. The first-order valence-corrected chi connectivity index (χ1v) is 9.22. The number of rotatable bonds is 5. The summed E-state index contributed by atoms with van der Waals surface area (Å²) in [5.74, 6) is 0.0793. The Kier molecular flexibility index (Phi) is 6.13. The predicted molar refractivity (Wildman–Crippen MR) is 110 cm³/mol. The highest BCUT2D eigenvalue weighted by atomic mass is 79.9. The van der Waals surface area contributed by atoms with E-state index in [2.05, 4.69) is 26.5 Å². The van der Waals surface area contributed by atoms with Crippen LogP contribution in [-0.2, 0) is 0 Å². The number of hydrogen-bond acceptors (Lipinski definition) is 5. The second kappa shape index (κ2) is 8.55. The number of halogens is 3. The summed E-state index contributed by atoms with van der Waals surface area (Å²) >= 11 is 15.0. The molecule has 10 heteroatoms. The summed E-state index contributed by atoms with van der Waals surface area (Å²) in [6, 6.07) is 12.3. The van der Waals surface area contributed by atoms with Crippen molar-refractivity contribution in [3.8, 4) is 11.3 Å². The highest BCUT2D eigenvalue weighted by molar-refractivity contribution is 9.10. The van der Waals surface area contributed by atoms with Crippen molar-refractivity contribution in [2.75, 3.05) is 0 Å². The van der Waals surface area contributed by atoms with Gasteiger partial charge in [-0.25, -0.2) is 5.43 Å². The maximum Gasteiger partial charge on any atom is 0.281 e. The van der Waals surface area contributed by atoms with Crippen molar-refractivity contribution in [3.05, 3.63) is 84.5 Å². The van der Waals surface area contributed by atoms with E-state index in [9.17, 15) is 14.9 Å². The zero-order chi connectivity index (χ0) is 20.3. The van der Waals surface area contributed by atoms with Crippen LogP contribution in [0.1, 0.15) is 16.1 Å². The fraction of sp³-hybridized carbons (Fsp3) is 0. The zero-order valence-corrected chi connectivity index (χ0v) is 17.0. The summed E-state index contributed by atoms with van der Waals surface area (Å²) < 4.78 is 6.15. The Bertz CT molecular complexity index is 1100. The number of amides is 1. The molecule has 142 valence electrons. The molecule has 0 fully saturated rings. The van der Waals surface area contributed by atoms with Gasteiger partial charge < -0.3 is 4.42 Å². The number of nitrogens with one attached hydrogen (secondary N) is 1. The van der Waals surface area contributed by atoms with Gasteiger partial charge in [0.2, 0.25) is 0 Å². The number of carbonyl (C=O) groups is 1. The second-order valence-electron chi connectivity index (χ2n) is 5.44. The Hall–Kier alpha value is -2.68. The number of nitro benzene ring substituents is 1. The van der Waals surface area contributed by atoms with E-state index < -0.39 is 10.8 Å². The Balaban J connectivity index is 1.75. The van der Waals surface area contributed by atoms with Gasteiger partial charge in [0.1, 0.15) is 11.5 Å². The van der Waals surface area contributed by atoms with Crippen molar-refractivity contribution in [2.45, 2.75) is 0 Å². The second-order valence-corrected chi connectivity index (χ2v) is 7.20. The third-order valence-corrected chi connectivity index (χ3v) is 4.62. The SMILES string of the molecule is O=C(N/N=C/c1ccc(-c2ccc(Br)cc2[N+](=O)[O-])o1)c1ccc(Cl)cc1Cl. The molecule has 1 aromatic heterocycles. The van der Waals surface area contributed by atoms with Crippen LogP contribution in [0.25, 0.3) is 11.3 Å². The molecule has 0 aliphatic carbocycles. The van der Waals surface area contributed by atoms with Gasteiger partial charge in [-0.1, -0.05) is 39.1 Å². The lowest BCUT2D eigenvalue weighted by Gasteiger charge is -2.02. The lowest BCUT2D eigenvalue weighted by atomic mass is 10.1. The van der Waals surface area contributed by atoms with E-state index in [4.69, 9.17) is 27.6 Å². The fourth-order valence-electron chi connectivity index (χ4n) is 2.32. The predicted octanol–water partition coefficient (Wildman–Crippen LogP) is 5.69. The number of carbonyl (C=O) groups excluding carboxylic acids is 1. The van der Waals surface area contributed by atoms with Crippen molar-refractivity contribution in [3.63, 3.8) is 0 Å². The minimum absolute atomic E-state index is 0.0992. The van der Waals surface area contributed by atoms with E-state index >= 15 is 0 Å². The maximum atomic E-state index is 12.1. The molecule has 1 amide bonds. The van der Waals surface area contributed by atoms with Crippen LogP contribution >= 0.6 is 39.1 Å². The van der Waals surface area contributed by atoms with E-state index in [-0.39, 0.29) is 16.3 Å². The zero-order valence-electron chi connectivity index (χ0n) is 13.9. The fourth-order valence-corrected chi connectivity index (χ4v) is 3.16. The largest absolute Gasteiger partial charge is 0.455 e. The van der Waals surface area contributed by atoms with Crippen LogP contribution in [0.15, 0.2) is 62.5 Å². The van der Waals surface area contributed by atoms with Crippen molar-refractivity contribution in [1.29, 1.82) is 0 Å². The first-order valence-electron chi connectivity index (χ1n) is 7.68. The molecule has 3 aromatic rings. The van der Waals surface area contributed by atoms with E-state index in [0.717, 1.165) is 0 Å². The number of benzene rings is 2. The molecule has 0 radical (unpaired) electrons. The van der Waals surface area contributed by atoms with Crippen LogP contribution in [0.2, 0.25) is 10.0 Å². The molecule has 0 saturated carbocycles. The van der Waals surface area contributed by atoms with Crippen LogP contribution in [-0.4, -0.2) is 17.0 Å². The average Bonchev–Trinajstić information content (AvgIpc) is 3.10. The molecule has 0 atom stereocenters. The van der Waals surface area contributed by atoms with Gasteiger partial charge in [0.05, 0.1) is 27.3 Å². The molecule has 0 bridgehead atoms. The van der Waals surface area contributed by atoms with Crippen molar-refractivity contribution >= 4 is 56.9 Å². The lowest BCUT2D eigenvalue weighted by molar-refractivity contribution is -0.384. The molecule has 1 N–H and O–H groups in total. The molecule has 0 saturated heterocycles. The quantitative estimate of drug-likeness (QED) is 0.287. The summed E-state index contributed by atoms with van der Waals surface area (Å²) in [7, 11) is 0. The third kappa shape index (κ3) is 4.59.